The predicted molar refractivity (Wildman–Crippen MR) is 91.7 cm³/mol. The molecule has 0 aromatic heterocycles. The number of hydrogen-bond donors (Lipinski definition) is 1. The van der Waals surface area contributed by atoms with Crippen LogP contribution in [-0.2, 0) is 16.0 Å². The van der Waals surface area contributed by atoms with Gasteiger partial charge in [0, 0.05) is 19.3 Å². The number of Topliss-reactive ketones (excluding diaryl/α,β-unsaturated/α-hetero) is 1. The Morgan fingerprint density at radius 3 is 2.40 bits per heavy atom. The number of carbonyl (C=O) groups excluding carboxylic acids is 2. The second kappa shape index (κ2) is 6.70. The molecule has 132 valence electrons. The van der Waals surface area contributed by atoms with Gasteiger partial charge in [0.1, 0.15) is 11.3 Å². The van der Waals surface area contributed by atoms with Gasteiger partial charge < -0.3 is 14.6 Å². The SMILES string of the molecule is COc1cc2c(cc1OC)C(C1=C(O)CCCC1=O)=[N+](C(C)=O)CC2. The number of hydrogen-bond acceptors (Lipinski definition) is 5. The van der Waals surface area contributed by atoms with Gasteiger partial charge in [-0.2, -0.15) is 4.58 Å². The van der Waals surface area contributed by atoms with Crippen LogP contribution in [0.1, 0.15) is 37.3 Å². The first kappa shape index (κ1) is 17.2. The first-order chi connectivity index (χ1) is 12.0. The highest BCUT2D eigenvalue weighted by Gasteiger charge is 2.38. The van der Waals surface area contributed by atoms with E-state index in [1.807, 2.05) is 6.07 Å². The number of benzene rings is 1. The summed E-state index contributed by atoms with van der Waals surface area (Å²) in [6, 6.07) is 3.65. The highest BCUT2D eigenvalue weighted by Crippen LogP contribution is 2.35. The van der Waals surface area contributed by atoms with E-state index in [2.05, 4.69) is 0 Å². The van der Waals surface area contributed by atoms with Gasteiger partial charge in [-0.15, -0.1) is 0 Å². The van der Waals surface area contributed by atoms with Gasteiger partial charge >= 0.3 is 5.91 Å². The van der Waals surface area contributed by atoms with Crippen molar-refractivity contribution in [1.82, 2.24) is 0 Å². The van der Waals surface area contributed by atoms with E-state index in [1.54, 1.807) is 17.8 Å². The van der Waals surface area contributed by atoms with Crippen LogP contribution in [0, 0.1) is 0 Å². The molecule has 6 heteroatoms. The minimum absolute atomic E-state index is 0.0557. The van der Waals surface area contributed by atoms with Gasteiger partial charge in [0.2, 0.25) is 5.71 Å². The second-order valence-electron chi connectivity index (χ2n) is 6.23. The Bertz CT molecular complexity index is 819. The van der Waals surface area contributed by atoms with Crippen molar-refractivity contribution in [2.45, 2.75) is 32.6 Å². The molecule has 1 heterocycles. The normalized spacial score (nSPS) is 17.5. The Morgan fingerprint density at radius 1 is 1.12 bits per heavy atom. The van der Waals surface area contributed by atoms with Crippen molar-refractivity contribution in [3.63, 3.8) is 0 Å². The van der Waals surface area contributed by atoms with E-state index in [1.165, 1.54) is 14.0 Å². The molecule has 1 aromatic carbocycles. The van der Waals surface area contributed by atoms with E-state index in [0.717, 1.165) is 11.1 Å². The van der Waals surface area contributed by atoms with Crippen molar-refractivity contribution in [1.29, 1.82) is 0 Å². The molecule has 0 saturated carbocycles. The van der Waals surface area contributed by atoms with Crippen LogP contribution in [0.4, 0.5) is 0 Å². The predicted octanol–water partition coefficient (Wildman–Crippen LogP) is 2.17. The van der Waals surface area contributed by atoms with Gasteiger partial charge in [-0.05, 0) is 24.1 Å². The van der Waals surface area contributed by atoms with Crippen LogP contribution in [0.25, 0.3) is 0 Å². The summed E-state index contributed by atoms with van der Waals surface area (Å²) in [7, 11) is 3.11. The lowest BCUT2D eigenvalue weighted by Gasteiger charge is -2.22. The van der Waals surface area contributed by atoms with Crippen molar-refractivity contribution in [2.24, 2.45) is 0 Å². The average Bonchev–Trinajstić information content (AvgIpc) is 2.60. The summed E-state index contributed by atoms with van der Waals surface area (Å²) in [5.74, 6) is 0.888. The molecule has 0 atom stereocenters. The second-order valence-corrected chi connectivity index (χ2v) is 6.23. The van der Waals surface area contributed by atoms with Gasteiger partial charge in [0.25, 0.3) is 0 Å². The maximum Gasteiger partial charge on any atom is 0.384 e. The van der Waals surface area contributed by atoms with E-state index in [9.17, 15) is 14.7 Å². The highest BCUT2D eigenvalue weighted by molar-refractivity contribution is 6.28. The number of methoxy groups -OCH3 is 2. The molecule has 1 aliphatic heterocycles. The van der Waals surface area contributed by atoms with E-state index in [-0.39, 0.29) is 23.0 Å². The summed E-state index contributed by atoms with van der Waals surface area (Å²) < 4.78 is 12.3. The highest BCUT2D eigenvalue weighted by atomic mass is 16.5. The molecule has 1 aromatic rings. The first-order valence-electron chi connectivity index (χ1n) is 8.34. The zero-order valence-electron chi connectivity index (χ0n) is 14.7. The average molecular weight is 344 g/mol. The van der Waals surface area contributed by atoms with Gasteiger partial charge in [-0.25, -0.2) is 4.79 Å². The number of aliphatic hydroxyl groups excluding tert-OH is 1. The van der Waals surface area contributed by atoms with Gasteiger partial charge in [0.15, 0.2) is 23.8 Å². The molecule has 0 radical (unpaired) electrons. The van der Waals surface area contributed by atoms with Crippen LogP contribution in [0.15, 0.2) is 23.5 Å². The minimum atomic E-state index is -0.158. The molecule has 6 nitrogen and oxygen atoms in total. The van der Waals surface area contributed by atoms with Crippen LogP contribution in [0.2, 0.25) is 0 Å². The maximum absolute atomic E-state index is 12.5. The number of nitrogens with zero attached hydrogens (tertiary/aromatic N) is 1. The summed E-state index contributed by atoms with van der Waals surface area (Å²) >= 11 is 0. The third-order valence-electron chi connectivity index (χ3n) is 4.74. The van der Waals surface area contributed by atoms with Gasteiger partial charge in [0.05, 0.1) is 26.7 Å². The third-order valence-corrected chi connectivity index (χ3v) is 4.74. The zero-order chi connectivity index (χ0) is 18.1. The fourth-order valence-corrected chi connectivity index (χ4v) is 3.52. The topological polar surface area (TPSA) is 75.8 Å². The quantitative estimate of drug-likeness (QED) is 0.851. The van der Waals surface area contributed by atoms with Crippen LogP contribution in [0.3, 0.4) is 0 Å². The maximum atomic E-state index is 12.5. The smallest absolute Gasteiger partial charge is 0.384 e. The lowest BCUT2D eigenvalue weighted by molar-refractivity contribution is -0.447. The molecule has 0 spiro atoms. The van der Waals surface area contributed by atoms with Crippen LogP contribution in [0.5, 0.6) is 11.5 Å². The van der Waals surface area contributed by atoms with Gasteiger partial charge in [-0.1, -0.05) is 0 Å². The van der Waals surface area contributed by atoms with Gasteiger partial charge in [-0.3, -0.25) is 4.79 Å². The zero-order valence-corrected chi connectivity index (χ0v) is 14.7. The molecule has 0 unspecified atom stereocenters. The number of allylic oxidation sites excluding steroid dienone is 2. The Balaban J connectivity index is 2.30. The largest absolute Gasteiger partial charge is 0.511 e. The van der Waals surface area contributed by atoms with Crippen LogP contribution < -0.4 is 9.47 Å². The van der Waals surface area contributed by atoms with E-state index in [0.29, 0.717) is 49.4 Å². The van der Waals surface area contributed by atoms with Crippen molar-refractivity contribution in [2.75, 3.05) is 20.8 Å². The van der Waals surface area contributed by atoms with E-state index >= 15 is 0 Å². The summed E-state index contributed by atoms with van der Waals surface area (Å²) in [6.45, 7) is 1.92. The molecule has 25 heavy (non-hydrogen) atoms. The van der Waals surface area contributed by atoms with Crippen molar-refractivity contribution < 1.29 is 28.7 Å². The van der Waals surface area contributed by atoms with Crippen molar-refractivity contribution >= 4 is 17.4 Å². The van der Waals surface area contributed by atoms with E-state index < -0.39 is 0 Å². The van der Waals surface area contributed by atoms with E-state index in [4.69, 9.17) is 9.47 Å². The van der Waals surface area contributed by atoms with Crippen molar-refractivity contribution in [3.8, 4) is 11.5 Å². The number of amides is 1. The number of fused-ring (bicyclic) bond motifs is 1. The lowest BCUT2D eigenvalue weighted by Crippen LogP contribution is -2.37. The standard InChI is InChI=1S/C19H21NO5/c1-11(21)20-8-7-12-9-16(24-2)17(25-3)10-13(12)19(20)18-14(22)5-4-6-15(18)23/h9-10H,4-8H2,1-3H3/p+1. The Labute approximate surface area is 146 Å². The first-order valence-corrected chi connectivity index (χ1v) is 8.34. The Hall–Kier alpha value is -2.63. The Kier molecular flexibility index (Phi) is 4.61. The molecular weight excluding hydrogens is 322 g/mol. The summed E-state index contributed by atoms with van der Waals surface area (Å²) in [6.07, 6.45) is 2.08. The number of aliphatic hydroxyl groups is 1. The minimum Gasteiger partial charge on any atom is -0.511 e. The Morgan fingerprint density at radius 2 is 1.80 bits per heavy atom. The molecule has 1 aliphatic carbocycles. The number of carbonyl (C=O) groups is 2. The molecule has 1 amide bonds. The third kappa shape index (κ3) is 2.92. The molecule has 1 N–H and O–H groups in total. The summed E-state index contributed by atoms with van der Waals surface area (Å²) in [5, 5.41) is 10.4. The monoisotopic (exact) mass is 344 g/mol. The number of rotatable bonds is 3. The lowest BCUT2D eigenvalue weighted by atomic mass is 9.85. The molecular formula is C19H22NO5+. The fraction of sp³-hybridized carbons (Fsp3) is 0.421. The molecule has 3 rings (SSSR count). The molecule has 0 saturated heterocycles. The number of ether oxygens (including phenoxy) is 2. The van der Waals surface area contributed by atoms with Crippen molar-refractivity contribution in [3.05, 3.63) is 34.6 Å². The van der Waals surface area contributed by atoms with Crippen LogP contribution in [-0.4, -0.2) is 47.8 Å². The fourth-order valence-electron chi connectivity index (χ4n) is 3.52. The summed E-state index contributed by atoms with van der Waals surface area (Å²) in [4.78, 5) is 24.7. The molecule has 0 fully saturated rings. The summed E-state index contributed by atoms with van der Waals surface area (Å²) in [5.41, 5.74) is 2.44. The number of ketones is 1. The van der Waals surface area contributed by atoms with Crippen LogP contribution >= 0.6 is 0 Å². The molecule has 0 bridgehead atoms. The molecule has 2 aliphatic rings.